The second-order valence-corrected chi connectivity index (χ2v) is 5.05. The molecule has 90 valence electrons. The predicted molar refractivity (Wildman–Crippen MR) is 63.5 cm³/mol. The van der Waals surface area contributed by atoms with Gasteiger partial charge in [-0.3, -0.25) is 13.7 Å². The monoisotopic (exact) mass is 244 g/mol. The molecule has 0 saturated heterocycles. The first kappa shape index (κ1) is 12.7. The Bertz CT molecular complexity index is 402. The molecule has 16 heavy (non-hydrogen) atoms. The standard InChI is InChI=1S/C9H16N4O2S/c1-13-6-7(10)8(12-13)9(14)11-4-3-5-16(2)15/h6H,3-5,10H2,1-2H3,(H,11,14). The Kier molecular flexibility index (Phi) is 4.48. The number of carbonyl (C=O) groups is 1. The first-order chi connectivity index (χ1) is 7.50. The molecule has 1 aromatic heterocycles. The van der Waals surface area contributed by atoms with Crippen LogP contribution < -0.4 is 11.1 Å². The Hall–Kier alpha value is -1.37. The normalized spacial score (nSPS) is 12.4. The highest BCUT2D eigenvalue weighted by Crippen LogP contribution is 2.07. The lowest BCUT2D eigenvalue weighted by Crippen LogP contribution is -2.26. The molecule has 0 aromatic carbocycles. The van der Waals surface area contributed by atoms with Crippen LogP contribution in [0.25, 0.3) is 0 Å². The maximum absolute atomic E-state index is 11.6. The average Bonchev–Trinajstić information content (AvgIpc) is 2.52. The minimum Gasteiger partial charge on any atom is -0.396 e. The number of carbonyl (C=O) groups excluding carboxylic acids is 1. The van der Waals surface area contributed by atoms with Crippen molar-refractivity contribution in [3.05, 3.63) is 11.9 Å². The van der Waals surface area contributed by atoms with E-state index in [-0.39, 0.29) is 11.6 Å². The molecule has 0 radical (unpaired) electrons. The molecule has 1 aromatic rings. The van der Waals surface area contributed by atoms with E-state index in [1.807, 2.05) is 0 Å². The van der Waals surface area contributed by atoms with Crippen molar-refractivity contribution in [2.24, 2.45) is 7.05 Å². The number of nitrogen functional groups attached to an aromatic ring is 1. The summed E-state index contributed by atoms with van der Waals surface area (Å²) >= 11 is 0. The van der Waals surface area contributed by atoms with Crippen molar-refractivity contribution in [2.45, 2.75) is 6.42 Å². The fourth-order valence-electron chi connectivity index (χ4n) is 1.24. The summed E-state index contributed by atoms with van der Waals surface area (Å²) in [7, 11) is 0.881. The molecule has 1 unspecified atom stereocenters. The Morgan fingerprint density at radius 2 is 2.38 bits per heavy atom. The van der Waals surface area contributed by atoms with Crippen molar-refractivity contribution in [2.75, 3.05) is 24.3 Å². The van der Waals surface area contributed by atoms with Gasteiger partial charge in [0.2, 0.25) is 0 Å². The third-order valence-corrected chi connectivity index (χ3v) is 2.83. The van der Waals surface area contributed by atoms with E-state index < -0.39 is 10.8 Å². The average molecular weight is 244 g/mol. The van der Waals surface area contributed by atoms with E-state index in [9.17, 15) is 9.00 Å². The predicted octanol–water partition coefficient (Wildman–Crippen LogP) is -0.499. The van der Waals surface area contributed by atoms with Gasteiger partial charge in [-0.2, -0.15) is 5.10 Å². The first-order valence-electron chi connectivity index (χ1n) is 4.88. The van der Waals surface area contributed by atoms with Crippen molar-refractivity contribution in [1.29, 1.82) is 0 Å². The topological polar surface area (TPSA) is 90.0 Å². The molecule has 1 atom stereocenters. The maximum atomic E-state index is 11.6. The molecular weight excluding hydrogens is 228 g/mol. The van der Waals surface area contributed by atoms with E-state index in [0.717, 1.165) is 0 Å². The molecule has 0 aliphatic rings. The lowest BCUT2D eigenvalue weighted by Gasteiger charge is -2.02. The third-order valence-electron chi connectivity index (χ3n) is 1.97. The van der Waals surface area contributed by atoms with Crippen molar-refractivity contribution in [1.82, 2.24) is 15.1 Å². The fraction of sp³-hybridized carbons (Fsp3) is 0.556. The van der Waals surface area contributed by atoms with E-state index in [1.54, 1.807) is 19.5 Å². The van der Waals surface area contributed by atoms with E-state index >= 15 is 0 Å². The summed E-state index contributed by atoms with van der Waals surface area (Å²) in [4.78, 5) is 11.6. The number of amides is 1. The summed E-state index contributed by atoms with van der Waals surface area (Å²) in [5, 5.41) is 6.62. The van der Waals surface area contributed by atoms with Gasteiger partial charge in [-0.25, -0.2) is 0 Å². The van der Waals surface area contributed by atoms with Crippen LogP contribution in [0.15, 0.2) is 6.20 Å². The van der Waals surface area contributed by atoms with Crippen LogP contribution in [0.4, 0.5) is 5.69 Å². The molecule has 0 fully saturated rings. The number of rotatable bonds is 5. The minimum absolute atomic E-state index is 0.236. The Labute approximate surface area is 96.7 Å². The summed E-state index contributed by atoms with van der Waals surface area (Å²) in [6.07, 6.45) is 3.90. The van der Waals surface area contributed by atoms with Gasteiger partial charge in [0, 0.05) is 42.6 Å². The van der Waals surface area contributed by atoms with Crippen LogP contribution in [0.5, 0.6) is 0 Å². The van der Waals surface area contributed by atoms with Gasteiger partial charge in [0.25, 0.3) is 5.91 Å². The molecule has 0 spiro atoms. The summed E-state index contributed by atoms with van der Waals surface area (Å²) in [5.41, 5.74) is 6.20. The smallest absolute Gasteiger partial charge is 0.273 e. The molecular formula is C9H16N4O2S. The highest BCUT2D eigenvalue weighted by atomic mass is 32.2. The van der Waals surface area contributed by atoms with Crippen LogP contribution in [0.1, 0.15) is 16.9 Å². The third kappa shape index (κ3) is 3.65. The van der Waals surface area contributed by atoms with Gasteiger partial charge in [-0.1, -0.05) is 0 Å². The quantitative estimate of drug-likeness (QED) is 0.683. The molecule has 0 aliphatic carbocycles. The van der Waals surface area contributed by atoms with Gasteiger partial charge < -0.3 is 11.1 Å². The van der Waals surface area contributed by atoms with Crippen molar-refractivity contribution >= 4 is 22.4 Å². The van der Waals surface area contributed by atoms with Gasteiger partial charge in [-0.05, 0) is 6.42 Å². The molecule has 6 nitrogen and oxygen atoms in total. The van der Waals surface area contributed by atoms with Crippen molar-refractivity contribution < 1.29 is 9.00 Å². The molecule has 1 rings (SSSR count). The second-order valence-electron chi connectivity index (χ2n) is 3.49. The zero-order valence-corrected chi connectivity index (χ0v) is 10.2. The van der Waals surface area contributed by atoms with Crippen LogP contribution in [0, 0.1) is 0 Å². The first-order valence-corrected chi connectivity index (χ1v) is 6.60. The van der Waals surface area contributed by atoms with Crippen LogP contribution >= 0.6 is 0 Å². The van der Waals surface area contributed by atoms with Crippen LogP contribution in [0.3, 0.4) is 0 Å². The summed E-state index contributed by atoms with van der Waals surface area (Å²) in [5.74, 6) is 0.290. The van der Waals surface area contributed by atoms with Gasteiger partial charge in [0.15, 0.2) is 5.69 Å². The zero-order valence-electron chi connectivity index (χ0n) is 9.40. The van der Waals surface area contributed by atoms with E-state index in [0.29, 0.717) is 24.4 Å². The Morgan fingerprint density at radius 1 is 1.69 bits per heavy atom. The molecule has 0 saturated carbocycles. The summed E-state index contributed by atoms with van der Waals surface area (Å²) in [6.45, 7) is 0.481. The lowest BCUT2D eigenvalue weighted by molar-refractivity contribution is 0.0949. The van der Waals surface area contributed by atoms with E-state index in [4.69, 9.17) is 5.73 Å². The van der Waals surface area contributed by atoms with Crippen molar-refractivity contribution in [3.63, 3.8) is 0 Å². The molecule has 3 N–H and O–H groups in total. The van der Waals surface area contributed by atoms with Gasteiger partial charge in [0.1, 0.15) is 0 Å². The summed E-state index contributed by atoms with van der Waals surface area (Å²) < 4.78 is 12.3. The van der Waals surface area contributed by atoms with Crippen molar-refractivity contribution in [3.8, 4) is 0 Å². The molecule has 1 amide bonds. The largest absolute Gasteiger partial charge is 0.396 e. The molecule has 0 bridgehead atoms. The summed E-state index contributed by atoms with van der Waals surface area (Å²) in [6, 6.07) is 0. The molecule has 0 aliphatic heterocycles. The lowest BCUT2D eigenvalue weighted by atomic mass is 10.3. The highest BCUT2D eigenvalue weighted by Gasteiger charge is 2.12. The number of hydrogen-bond acceptors (Lipinski definition) is 4. The van der Waals surface area contributed by atoms with Crippen LogP contribution in [-0.4, -0.2) is 38.4 Å². The zero-order chi connectivity index (χ0) is 12.1. The number of aromatic nitrogens is 2. The molecule has 7 heteroatoms. The Morgan fingerprint density at radius 3 is 2.88 bits per heavy atom. The van der Waals surface area contributed by atoms with E-state index in [2.05, 4.69) is 10.4 Å². The number of nitrogens with two attached hydrogens (primary N) is 1. The van der Waals surface area contributed by atoms with Crippen LogP contribution in [0.2, 0.25) is 0 Å². The number of nitrogens with one attached hydrogen (secondary N) is 1. The molecule has 1 heterocycles. The van der Waals surface area contributed by atoms with E-state index in [1.165, 1.54) is 4.68 Å². The van der Waals surface area contributed by atoms with Gasteiger partial charge in [-0.15, -0.1) is 0 Å². The SMILES string of the molecule is Cn1cc(N)c(C(=O)NCCCS(C)=O)n1. The Balaban J connectivity index is 2.41. The van der Waals surface area contributed by atoms with Gasteiger partial charge in [0.05, 0.1) is 5.69 Å². The van der Waals surface area contributed by atoms with Gasteiger partial charge >= 0.3 is 0 Å². The number of aryl methyl sites for hydroxylation is 1. The number of nitrogens with zero attached hydrogens (tertiary/aromatic N) is 2. The number of anilines is 1. The highest BCUT2D eigenvalue weighted by molar-refractivity contribution is 7.84. The van der Waals surface area contributed by atoms with Crippen LogP contribution in [-0.2, 0) is 17.8 Å². The fourth-order valence-corrected chi connectivity index (χ4v) is 1.80. The second kappa shape index (κ2) is 5.64. The number of hydrogen-bond donors (Lipinski definition) is 2. The maximum Gasteiger partial charge on any atom is 0.273 e. The minimum atomic E-state index is -0.821.